The van der Waals surface area contributed by atoms with Gasteiger partial charge in [0.15, 0.2) is 0 Å². The van der Waals surface area contributed by atoms with E-state index < -0.39 is 0 Å². The molecule has 0 atom stereocenters. The molecule has 1 aromatic heterocycles. The van der Waals surface area contributed by atoms with Gasteiger partial charge in [-0.25, -0.2) is 0 Å². The van der Waals surface area contributed by atoms with E-state index >= 15 is 0 Å². The maximum absolute atomic E-state index is 5.88. The molecule has 1 aliphatic carbocycles. The van der Waals surface area contributed by atoms with Crippen molar-refractivity contribution in [3.05, 3.63) is 5.01 Å². The molecule has 0 bridgehead atoms. The van der Waals surface area contributed by atoms with Crippen LogP contribution in [-0.2, 0) is 6.54 Å². The van der Waals surface area contributed by atoms with Crippen molar-refractivity contribution < 1.29 is 4.74 Å². The molecule has 18 heavy (non-hydrogen) atoms. The summed E-state index contributed by atoms with van der Waals surface area (Å²) in [6.07, 6.45) is 6.61. The Morgan fingerprint density at radius 3 is 2.78 bits per heavy atom. The van der Waals surface area contributed by atoms with E-state index in [1.54, 1.807) is 11.3 Å². The molecule has 4 nitrogen and oxygen atoms in total. The van der Waals surface area contributed by atoms with Crippen molar-refractivity contribution in [2.24, 2.45) is 5.92 Å². The molecule has 1 aromatic rings. The Labute approximate surface area is 113 Å². The van der Waals surface area contributed by atoms with Gasteiger partial charge in [-0.15, -0.1) is 5.10 Å². The third-order valence-electron chi connectivity index (χ3n) is 3.10. The molecule has 1 fully saturated rings. The molecule has 5 heteroatoms. The highest BCUT2D eigenvalue weighted by atomic mass is 32.1. The fraction of sp³-hybridized carbons (Fsp3) is 0.846. The van der Waals surface area contributed by atoms with Crippen molar-refractivity contribution in [3.63, 3.8) is 0 Å². The van der Waals surface area contributed by atoms with Crippen LogP contribution in [0.15, 0.2) is 0 Å². The smallest absolute Gasteiger partial charge is 0.294 e. The second-order valence-corrected chi connectivity index (χ2v) is 6.39. The minimum absolute atomic E-state index is 0.364. The Kier molecular flexibility index (Phi) is 5.38. The Hall–Kier alpha value is -0.680. The quantitative estimate of drug-likeness (QED) is 0.862. The lowest BCUT2D eigenvalue weighted by Crippen LogP contribution is -2.19. The van der Waals surface area contributed by atoms with Crippen LogP contribution in [-0.4, -0.2) is 22.8 Å². The number of rotatable bonds is 6. The molecular formula is C13H23N3OS. The first kappa shape index (κ1) is 13.7. The van der Waals surface area contributed by atoms with E-state index in [4.69, 9.17) is 4.74 Å². The molecular weight excluding hydrogens is 246 g/mol. The Morgan fingerprint density at radius 2 is 2.06 bits per heavy atom. The summed E-state index contributed by atoms with van der Waals surface area (Å²) >= 11 is 1.57. The van der Waals surface area contributed by atoms with Crippen LogP contribution in [0.4, 0.5) is 0 Å². The molecule has 0 unspecified atom stereocenters. The highest BCUT2D eigenvalue weighted by molar-refractivity contribution is 7.13. The molecule has 102 valence electrons. The molecule has 1 aliphatic rings. The van der Waals surface area contributed by atoms with Crippen molar-refractivity contribution >= 4 is 11.3 Å². The lowest BCUT2D eigenvalue weighted by Gasteiger charge is -2.20. The maximum atomic E-state index is 5.88. The predicted molar refractivity (Wildman–Crippen MR) is 74.0 cm³/mol. The lowest BCUT2D eigenvalue weighted by atomic mass is 9.98. The van der Waals surface area contributed by atoms with Gasteiger partial charge in [-0.3, -0.25) is 0 Å². The zero-order valence-corrected chi connectivity index (χ0v) is 12.1. The van der Waals surface area contributed by atoms with Gasteiger partial charge in [-0.2, -0.15) is 0 Å². The normalized spacial score (nSPS) is 17.3. The first-order chi connectivity index (χ1) is 8.74. The van der Waals surface area contributed by atoms with Gasteiger partial charge in [0.1, 0.15) is 11.1 Å². The molecule has 0 amide bonds. The van der Waals surface area contributed by atoms with Gasteiger partial charge < -0.3 is 10.1 Å². The molecule has 0 aromatic carbocycles. The van der Waals surface area contributed by atoms with E-state index in [0.29, 0.717) is 12.0 Å². The number of nitrogens with zero attached hydrogens (tertiary/aromatic N) is 2. The van der Waals surface area contributed by atoms with Gasteiger partial charge in [0.2, 0.25) is 0 Å². The van der Waals surface area contributed by atoms with Gasteiger partial charge in [-0.05, 0) is 38.1 Å². The van der Waals surface area contributed by atoms with E-state index in [-0.39, 0.29) is 0 Å². The van der Waals surface area contributed by atoms with Crippen molar-refractivity contribution in [1.82, 2.24) is 15.5 Å². The van der Waals surface area contributed by atoms with E-state index in [1.807, 2.05) is 0 Å². The predicted octanol–water partition coefficient (Wildman–Crippen LogP) is 3.00. The fourth-order valence-corrected chi connectivity index (χ4v) is 2.87. The van der Waals surface area contributed by atoms with E-state index in [2.05, 4.69) is 29.4 Å². The molecule has 0 spiro atoms. The lowest BCUT2D eigenvalue weighted by molar-refractivity contribution is 0.153. The van der Waals surface area contributed by atoms with Crippen molar-refractivity contribution in [3.8, 4) is 5.19 Å². The fourth-order valence-electron chi connectivity index (χ4n) is 2.15. The van der Waals surface area contributed by atoms with Crippen molar-refractivity contribution in [2.75, 3.05) is 6.54 Å². The Bertz CT molecular complexity index is 348. The number of hydrogen-bond acceptors (Lipinski definition) is 5. The first-order valence-electron chi connectivity index (χ1n) is 6.94. The minimum Gasteiger partial charge on any atom is -0.466 e. The Balaban J connectivity index is 1.74. The van der Waals surface area contributed by atoms with Crippen LogP contribution < -0.4 is 10.1 Å². The second kappa shape index (κ2) is 7.04. The van der Waals surface area contributed by atoms with Crippen LogP contribution in [0.2, 0.25) is 0 Å². The van der Waals surface area contributed by atoms with Gasteiger partial charge >= 0.3 is 0 Å². The molecule has 1 N–H and O–H groups in total. The molecule has 0 saturated heterocycles. The van der Waals surface area contributed by atoms with Gasteiger partial charge in [0, 0.05) is 6.54 Å². The number of hydrogen-bond donors (Lipinski definition) is 1. The first-order valence-corrected chi connectivity index (χ1v) is 7.75. The van der Waals surface area contributed by atoms with Crippen molar-refractivity contribution in [2.45, 2.75) is 58.6 Å². The SMILES string of the molecule is CC(C)CNCc1nnc(OC2CCCCC2)s1. The monoisotopic (exact) mass is 269 g/mol. The zero-order valence-electron chi connectivity index (χ0n) is 11.3. The average Bonchev–Trinajstić information content (AvgIpc) is 2.78. The topological polar surface area (TPSA) is 47.0 Å². The summed E-state index contributed by atoms with van der Waals surface area (Å²) in [7, 11) is 0. The van der Waals surface area contributed by atoms with Crippen molar-refractivity contribution in [1.29, 1.82) is 0 Å². The average molecular weight is 269 g/mol. The molecule has 0 radical (unpaired) electrons. The highest BCUT2D eigenvalue weighted by Gasteiger charge is 2.16. The third kappa shape index (κ3) is 4.53. The molecule has 1 saturated carbocycles. The summed E-state index contributed by atoms with van der Waals surface area (Å²) in [5, 5.41) is 13.4. The minimum atomic E-state index is 0.364. The highest BCUT2D eigenvalue weighted by Crippen LogP contribution is 2.25. The molecule has 0 aliphatic heterocycles. The van der Waals surface area contributed by atoms with Crippen LogP contribution in [0.3, 0.4) is 0 Å². The van der Waals surface area contributed by atoms with Gasteiger partial charge in [-0.1, -0.05) is 36.7 Å². The third-order valence-corrected chi connectivity index (χ3v) is 3.91. The Morgan fingerprint density at radius 1 is 1.28 bits per heavy atom. The van der Waals surface area contributed by atoms with Gasteiger partial charge in [0.25, 0.3) is 5.19 Å². The number of nitrogens with one attached hydrogen (secondary N) is 1. The summed E-state index contributed by atoms with van der Waals surface area (Å²) in [4.78, 5) is 0. The maximum Gasteiger partial charge on any atom is 0.294 e. The number of aromatic nitrogens is 2. The molecule has 2 rings (SSSR count). The van der Waals surface area contributed by atoms with Crippen LogP contribution in [0.25, 0.3) is 0 Å². The van der Waals surface area contributed by atoms with E-state index in [9.17, 15) is 0 Å². The van der Waals surface area contributed by atoms with Crippen LogP contribution in [0.1, 0.15) is 51.0 Å². The summed E-state index contributed by atoms with van der Waals surface area (Å²) in [5.74, 6) is 0.663. The van der Waals surface area contributed by atoms with Gasteiger partial charge in [0.05, 0.1) is 0 Å². The number of ether oxygens (including phenoxy) is 1. The zero-order chi connectivity index (χ0) is 12.8. The van der Waals surface area contributed by atoms with Crippen LogP contribution in [0, 0.1) is 5.92 Å². The van der Waals surface area contributed by atoms with E-state index in [1.165, 1.54) is 32.1 Å². The summed E-state index contributed by atoms with van der Waals surface area (Å²) in [6, 6.07) is 0. The standard InChI is InChI=1S/C13H23N3OS/c1-10(2)8-14-9-12-15-16-13(18-12)17-11-6-4-3-5-7-11/h10-11,14H,3-9H2,1-2H3. The van der Waals surface area contributed by atoms with E-state index in [0.717, 1.165) is 23.3 Å². The second-order valence-electron chi connectivity index (χ2n) is 5.36. The molecule has 1 heterocycles. The summed E-state index contributed by atoms with van der Waals surface area (Å²) in [6.45, 7) is 6.21. The summed E-state index contributed by atoms with van der Waals surface area (Å²) in [5.41, 5.74) is 0. The van der Waals surface area contributed by atoms with Crippen LogP contribution in [0.5, 0.6) is 5.19 Å². The van der Waals surface area contributed by atoms with Crippen LogP contribution >= 0.6 is 11.3 Å². The summed E-state index contributed by atoms with van der Waals surface area (Å²) < 4.78 is 5.88. The largest absolute Gasteiger partial charge is 0.466 e.